The molecule has 0 bridgehead atoms. The molecule has 0 amide bonds. The summed E-state index contributed by atoms with van der Waals surface area (Å²) in [5, 5.41) is 56.0. The van der Waals surface area contributed by atoms with Crippen molar-refractivity contribution in [2.24, 2.45) is 0 Å². The summed E-state index contributed by atoms with van der Waals surface area (Å²) in [6.07, 6.45) is -9.84. The van der Waals surface area contributed by atoms with E-state index in [1.807, 2.05) is 6.92 Å². The minimum Gasteiger partial charge on any atom is -0.388 e. The summed E-state index contributed by atoms with van der Waals surface area (Å²) in [5.41, 5.74) is 6.84. The van der Waals surface area contributed by atoms with Gasteiger partial charge >= 0.3 is 21.3 Å². The standard InChI is InChI=1S/C27H35N9O15P2/c1-10-3-12-13(4-11(10)2)35(24-18(32-12)25(42)34-27(43)33-24)5-14(37)19(39)15(38)6-48-52(44,45)51-53(46,47)49-7-16-20(40)21(41)26(50-16)36-9-31-17-22(28)29-8-30-23(17)36/h3-4,8-9,14-16,19-21,26,32,37-41H,5-7H2,1-2H3,(H,44,45)(H,46,47)(H2,28,29,30)(H2,33,34,42,43). The summed E-state index contributed by atoms with van der Waals surface area (Å²) in [7, 11) is -11.0. The molecule has 6 rings (SSSR count). The Morgan fingerprint density at radius 1 is 0.981 bits per heavy atom. The zero-order chi connectivity index (χ0) is 38.6. The number of phosphoric ester groups is 2. The van der Waals surface area contributed by atoms with Crippen LogP contribution in [-0.2, 0) is 27.2 Å². The number of aliphatic hydroxyl groups excluding tert-OH is 5. The Hall–Kier alpha value is -4.13. The largest absolute Gasteiger partial charge is 0.481 e. The first kappa shape index (κ1) is 38.6. The van der Waals surface area contributed by atoms with E-state index in [4.69, 9.17) is 15.0 Å². The van der Waals surface area contributed by atoms with E-state index in [2.05, 4.69) is 39.1 Å². The lowest BCUT2D eigenvalue weighted by atomic mass is 10.0. The van der Waals surface area contributed by atoms with Crippen molar-refractivity contribution in [3.05, 3.63) is 56.8 Å². The van der Waals surface area contributed by atoms with Crippen LogP contribution in [0.3, 0.4) is 0 Å². The minimum atomic E-state index is -5.53. The van der Waals surface area contributed by atoms with E-state index < -0.39 is 89.5 Å². The third-order valence-electron chi connectivity index (χ3n) is 8.53. The van der Waals surface area contributed by atoms with Gasteiger partial charge in [-0.15, -0.1) is 0 Å². The smallest absolute Gasteiger partial charge is 0.388 e. The molecule has 9 atom stereocenters. The molecule has 0 saturated carbocycles. The highest BCUT2D eigenvalue weighted by atomic mass is 31.3. The number of nitrogens with zero attached hydrogens (tertiary/aromatic N) is 5. The first-order valence-electron chi connectivity index (χ1n) is 15.5. The quantitative estimate of drug-likeness (QED) is 0.0669. The monoisotopic (exact) mass is 787 g/mol. The van der Waals surface area contributed by atoms with Crippen LogP contribution in [0.4, 0.5) is 28.7 Å². The number of ether oxygens (including phenoxy) is 1. The zero-order valence-electron chi connectivity index (χ0n) is 27.6. The first-order chi connectivity index (χ1) is 24.9. The van der Waals surface area contributed by atoms with Crippen molar-refractivity contribution in [1.82, 2.24) is 29.5 Å². The van der Waals surface area contributed by atoms with Gasteiger partial charge in [-0.25, -0.2) is 28.9 Å². The van der Waals surface area contributed by atoms with E-state index in [-0.39, 0.29) is 28.5 Å². The molecule has 2 aliphatic rings. The van der Waals surface area contributed by atoms with Crippen molar-refractivity contribution < 1.29 is 62.5 Å². The molecule has 0 radical (unpaired) electrons. The van der Waals surface area contributed by atoms with Gasteiger partial charge in [0.05, 0.1) is 37.5 Å². The van der Waals surface area contributed by atoms with Crippen LogP contribution in [0.25, 0.3) is 11.2 Å². The summed E-state index contributed by atoms with van der Waals surface area (Å²) >= 11 is 0. The number of hydrogen-bond donors (Lipinski definition) is 11. The van der Waals surface area contributed by atoms with E-state index in [1.165, 1.54) is 15.8 Å². The molecule has 24 nitrogen and oxygen atoms in total. The number of nitrogens with one attached hydrogen (secondary N) is 3. The maximum Gasteiger partial charge on any atom is 0.481 e. The van der Waals surface area contributed by atoms with Crippen molar-refractivity contribution in [3.63, 3.8) is 0 Å². The zero-order valence-corrected chi connectivity index (χ0v) is 29.4. The van der Waals surface area contributed by atoms with Gasteiger partial charge in [0.1, 0.15) is 60.0 Å². The molecule has 9 unspecified atom stereocenters. The Morgan fingerprint density at radius 2 is 1.68 bits per heavy atom. The first-order valence-corrected chi connectivity index (χ1v) is 18.5. The van der Waals surface area contributed by atoms with E-state index in [9.17, 15) is 54.0 Å². The molecule has 0 spiro atoms. The number of aryl methyl sites for hydroxylation is 2. The van der Waals surface area contributed by atoms with Crippen LogP contribution in [0.5, 0.6) is 0 Å². The fourth-order valence-corrected chi connectivity index (χ4v) is 7.78. The molecular weight excluding hydrogens is 752 g/mol. The van der Waals surface area contributed by atoms with Crippen LogP contribution in [0.2, 0.25) is 0 Å². The van der Waals surface area contributed by atoms with Crippen LogP contribution < -0.4 is 27.2 Å². The summed E-state index contributed by atoms with van der Waals surface area (Å²) in [5.74, 6) is -0.0296. The van der Waals surface area contributed by atoms with Gasteiger partial charge in [-0.05, 0) is 37.1 Å². The van der Waals surface area contributed by atoms with Crippen LogP contribution in [0, 0.1) is 13.8 Å². The average Bonchev–Trinajstić information content (AvgIpc) is 3.63. The summed E-state index contributed by atoms with van der Waals surface area (Å²) in [6, 6.07) is 3.42. The number of β-amino-alcohol motifs (C(OH)–C–C–N with tert-alkyl or cyclic N) is 1. The predicted molar refractivity (Wildman–Crippen MR) is 180 cm³/mol. The molecule has 288 valence electrons. The van der Waals surface area contributed by atoms with Crippen LogP contribution in [0.15, 0.2) is 34.4 Å². The predicted octanol–water partition coefficient (Wildman–Crippen LogP) is -1.75. The van der Waals surface area contributed by atoms with Gasteiger partial charge < -0.3 is 56.0 Å². The highest BCUT2D eigenvalue weighted by Crippen LogP contribution is 2.60. The van der Waals surface area contributed by atoms with E-state index >= 15 is 0 Å². The average molecular weight is 788 g/mol. The Labute approximate surface area is 296 Å². The number of fused-ring (bicyclic) bond motifs is 3. The lowest BCUT2D eigenvalue weighted by Crippen LogP contribution is -2.46. The lowest BCUT2D eigenvalue weighted by Gasteiger charge is -2.35. The molecule has 1 fully saturated rings. The van der Waals surface area contributed by atoms with Crippen molar-refractivity contribution in [1.29, 1.82) is 0 Å². The molecule has 3 aromatic heterocycles. The maximum atomic E-state index is 12.6. The third kappa shape index (κ3) is 7.91. The molecule has 2 aliphatic heterocycles. The number of nitrogens with two attached hydrogens (primary N) is 1. The minimum absolute atomic E-state index is 0.0315. The number of H-pyrrole nitrogens is 2. The fraction of sp³-hybridized carbons (Fsp3) is 0.444. The van der Waals surface area contributed by atoms with E-state index in [0.717, 1.165) is 17.5 Å². The van der Waals surface area contributed by atoms with Crippen molar-refractivity contribution in [3.8, 4) is 0 Å². The van der Waals surface area contributed by atoms with Crippen LogP contribution in [-0.4, -0.2) is 121 Å². The Kier molecular flexibility index (Phi) is 10.6. The van der Waals surface area contributed by atoms with Gasteiger partial charge in [0, 0.05) is 0 Å². The van der Waals surface area contributed by atoms with Crippen LogP contribution >= 0.6 is 15.6 Å². The number of imidazole rings is 1. The molecule has 0 aliphatic carbocycles. The number of rotatable bonds is 13. The number of phosphoric acid groups is 2. The molecular formula is C27H35N9O15P2. The molecule has 26 heteroatoms. The Morgan fingerprint density at radius 3 is 2.42 bits per heavy atom. The van der Waals surface area contributed by atoms with Gasteiger partial charge in [0.15, 0.2) is 17.7 Å². The number of nitrogen functional groups attached to an aromatic ring is 1. The fourth-order valence-electron chi connectivity index (χ4n) is 5.68. The van der Waals surface area contributed by atoms with Crippen LogP contribution in [0.1, 0.15) is 17.4 Å². The van der Waals surface area contributed by atoms with Gasteiger partial charge in [0.25, 0.3) is 5.56 Å². The molecule has 12 N–H and O–H groups in total. The SMILES string of the molecule is Cc1cc2c(cc1C)N(CC(O)C(O)C(O)COP(=O)(O)OP(=O)(O)OCC1OC(n3cnc4c(N)ncnc43)C(O)C1O)c1[nH]c(=O)[nH]c(=O)c1N2. The second kappa shape index (κ2) is 14.6. The topological polar surface area (TPSA) is 363 Å². The van der Waals surface area contributed by atoms with E-state index in [1.54, 1.807) is 19.1 Å². The summed E-state index contributed by atoms with van der Waals surface area (Å²) in [4.78, 5) is 62.6. The number of aromatic nitrogens is 6. The third-order valence-corrected chi connectivity index (χ3v) is 11.1. The second-order valence-corrected chi connectivity index (χ2v) is 15.2. The highest BCUT2D eigenvalue weighted by molar-refractivity contribution is 7.61. The lowest BCUT2D eigenvalue weighted by molar-refractivity contribution is -0.0719. The van der Waals surface area contributed by atoms with Crippen molar-refractivity contribution in [2.75, 3.05) is 35.7 Å². The Bertz CT molecular complexity index is 2230. The number of aromatic amines is 2. The molecule has 53 heavy (non-hydrogen) atoms. The number of anilines is 5. The number of aliphatic hydroxyl groups is 5. The number of hydrogen-bond acceptors (Lipinski definition) is 19. The molecule has 1 saturated heterocycles. The molecule has 4 aromatic rings. The van der Waals surface area contributed by atoms with E-state index in [0.29, 0.717) is 11.4 Å². The van der Waals surface area contributed by atoms with Gasteiger partial charge in [0.2, 0.25) is 0 Å². The Balaban J connectivity index is 1.05. The summed E-state index contributed by atoms with van der Waals surface area (Å²) in [6.45, 7) is 0.917. The van der Waals surface area contributed by atoms with Crippen molar-refractivity contribution in [2.45, 2.75) is 56.7 Å². The van der Waals surface area contributed by atoms with Gasteiger partial charge in [-0.3, -0.25) is 28.4 Å². The van der Waals surface area contributed by atoms with Gasteiger partial charge in [-0.2, -0.15) is 4.31 Å². The summed E-state index contributed by atoms with van der Waals surface area (Å²) < 4.78 is 45.4. The van der Waals surface area contributed by atoms with Gasteiger partial charge in [-0.1, -0.05) is 0 Å². The molecule has 5 heterocycles. The van der Waals surface area contributed by atoms with Crippen molar-refractivity contribution >= 4 is 55.5 Å². The maximum absolute atomic E-state index is 12.6. The second-order valence-electron chi connectivity index (χ2n) is 12.2. The molecule has 1 aromatic carbocycles. The highest BCUT2D eigenvalue weighted by Gasteiger charge is 2.46. The normalized spacial score (nSPS) is 23.8. The number of benzene rings is 1.